The summed E-state index contributed by atoms with van der Waals surface area (Å²) in [5, 5.41) is 0. The first-order valence-electron chi connectivity index (χ1n) is 10.3. The highest BCUT2D eigenvalue weighted by Gasteiger charge is 2.48. The molecule has 1 amide bonds. The maximum Gasteiger partial charge on any atom is 0.225 e. The molecular weight excluding hydrogens is 333 g/mol. The molecule has 26 heavy (non-hydrogen) atoms. The number of ketones is 1. The summed E-state index contributed by atoms with van der Waals surface area (Å²) in [5.41, 5.74) is -1.23. The molecule has 150 valence electrons. The Morgan fingerprint density at radius 1 is 0.962 bits per heavy atom. The largest absolute Gasteiger partial charge is 0.336 e. The minimum absolute atomic E-state index is 0.00575. The van der Waals surface area contributed by atoms with Crippen LogP contribution in [0.5, 0.6) is 0 Å². The number of carbonyl (C=O) groups excluding carboxylic acids is 2. The molecule has 0 aromatic carbocycles. The first kappa shape index (κ1) is 21.3. The van der Waals surface area contributed by atoms with Crippen LogP contribution < -0.4 is 0 Å². The average molecular weight is 370 g/mol. The van der Waals surface area contributed by atoms with Gasteiger partial charge in [-0.15, -0.1) is 0 Å². The molecule has 0 atom stereocenters. The van der Waals surface area contributed by atoms with Crippen LogP contribution in [-0.2, 0) is 9.59 Å². The first-order chi connectivity index (χ1) is 12.4. The van der Waals surface area contributed by atoms with Gasteiger partial charge in [-0.3, -0.25) is 14.5 Å². The van der Waals surface area contributed by atoms with Gasteiger partial charge < -0.3 is 9.80 Å². The number of likely N-dealkylation sites (tertiary alicyclic amines) is 1. The molecule has 0 aromatic rings. The Balaban J connectivity index is 0.00000117. The zero-order valence-corrected chi connectivity index (χ0v) is 17.0. The third kappa shape index (κ3) is 5.26. The van der Waals surface area contributed by atoms with Crippen molar-refractivity contribution in [2.75, 3.05) is 52.9 Å². The fraction of sp³-hybridized carbons (Fsp3) is 0.900. The van der Waals surface area contributed by atoms with Gasteiger partial charge in [0.05, 0.1) is 13.1 Å². The van der Waals surface area contributed by atoms with Gasteiger partial charge in [-0.1, -0.05) is 13.8 Å². The van der Waals surface area contributed by atoms with Gasteiger partial charge in [0.15, 0.2) is 5.67 Å². The lowest BCUT2D eigenvalue weighted by molar-refractivity contribution is -0.153. The van der Waals surface area contributed by atoms with Crippen LogP contribution in [0, 0.1) is 11.8 Å². The Labute approximate surface area is 157 Å². The third-order valence-electron chi connectivity index (χ3n) is 6.01. The van der Waals surface area contributed by atoms with Crippen molar-refractivity contribution in [1.82, 2.24) is 14.7 Å². The van der Waals surface area contributed by atoms with E-state index in [1.165, 1.54) is 0 Å². The molecule has 1 saturated carbocycles. The standard InChI is InChI=1S/C18H30FN3O2.C2H6/c1-14(23)15-3-5-16(6-4-15)17(24)22-12-18(19,13-22)11-21-9-7-20(2)8-10-21;1-2/h15-16H,3-13H2,1-2H3;1-2H3. The Morgan fingerprint density at radius 3 is 1.96 bits per heavy atom. The molecule has 0 unspecified atom stereocenters. The van der Waals surface area contributed by atoms with Crippen LogP contribution in [0.25, 0.3) is 0 Å². The van der Waals surface area contributed by atoms with Crippen molar-refractivity contribution in [3.63, 3.8) is 0 Å². The number of amides is 1. The fourth-order valence-electron chi connectivity index (χ4n) is 4.31. The van der Waals surface area contributed by atoms with E-state index in [2.05, 4.69) is 16.8 Å². The van der Waals surface area contributed by atoms with E-state index in [1.807, 2.05) is 13.8 Å². The molecule has 6 heteroatoms. The van der Waals surface area contributed by atoms with Gasteiger partial charge in [0, 0.05) is 44.6 Å². The lowest BCUT2D eigenvalue weighted by Crippen LogP contribution is -2.66. The van der Waals surface area contributed by atoms with Crippen LogP contribution in [-0.4, -0.2) is 84.9 Å². The number of likely N-dealkylation sites (N-methyl/N-ethyl adjacent to an activating group) is 1. The lowest BCUT2D eigenvalue weighted by atomic mass is 9.79. The molecule has 3 aliphatic rings. The zero-order chi connectivity index (χ0) is 19.3. The number of piperazine rings is 1. The molecule has 5 nitrogen and oxygen atoms in total. The minimum atomic E-state index is -1.23. The van der Waals surface area contributed by atoms with Crippen molar-refractivity contribution in [1.29, 1.82) is 0 Å². The van der Waals surface area contributed by atoms with Crippen LogP contribution in [0.15, 0.2) is 0 Å². The fourth-order valence-corrected chi connectivity index (χ4v) is 4.31. The quantitative estimate of drug-likeness (QED) is 0.762. The molecule has 0 N–H and O–H groups in total. The Morgan fingerprint density at radius 2 is 1.46 bits per heavy atom. The summed E-state index contributed by atoms with van der Waals surface area (Å²) >= 11 is 0. The summed E-state index contributed by atoms with van der Waals surface area (Å²) in [6, 6.07) is 0. The number of alkyl halides is 1. The SMILES string of the molecule is CC.CC(=O)C1CCC(C(=O)N2CC(F)(CN3CCN(C)CC3)C2)CC1. The lowest BCUT2D eigenvalue weighted by Gasteiger charge is -2.48. The monoisotopic (exact) mass is 369 g/mol. The van der Waals surface area contributed by atoms with Crippen molar-refractivity contribution >= 4 is 11.7 Å². The van der Waals surface area contributed by atoms with Gasteiger partial charge in [0.1, 0.15) is 5.78 Å². The predicted molar refractivity (Wildman–Crippen MR) is 102 cm³/mol. The summed E-state index contributed by atoms with van der Waals surface area (Å²) in [6.45, 7) is 10.3. The number of carbonyl (C=O) groups is 2. The van der Waals surface area contributed by atoms with Gasteiger partial charge in [-0.2, -0.15) is 0 Å². The maximum atomic E-state index is 14.8. The van der Waals surface area contributed by atoms with E-state index in [9.17, 15) is 14.0 Å². The van der Waals surface area contributed by atoms with Crippen molar-refractivity contribution < 1.29 is 14.0 Å². The van der Waals surface area contributed by atoms with E-state index < -0.39 is 5.67 Å². The normalized spacial score (nSPS) is 29.3. The number of hydrogen-bond acceptors (Lipinski definition) is 4. The van der Waals surface area contributed by atoms with E-state index in [0.717, 1.165) is 51.9 Å². The average Bonchev–Trinajstić information content (AvgIpc) is 2.62. The highest BCUT2D eigenvalue weighted by atomic mass is 19.1. The molecule has 0 spiro atoms. The first-order valence-corrected chi connectivity index (χ1v) is 10.3. The highest BCUT2D eigenvalue weighted by molar-refractivity contribution is 5.81. The van der Waals surface area contributed by atoms with Crippen molar-refractivity contribution in [3.8, 4) is 0 Å². The number of nitrogens with zero attached hydrogens (tertiary/aromatic N) is 3. The topological polar surface area (TPSA) is 43.9 Å². The Hall–Kier alpha value is -1.01. The second-order valence-electron chi connectivity index (χ2n) is 8.08. The van der Waals surface area contributed by atoms with Crippen molar-refractivity contribution in [2.24, 2.45) is 11.8 Å². The molecule has 2 heterocycles. The Kier molecular flexibility index (Phi) is 7.59. The zero-order valence-electron chi connectivity index (χ0n) is 17.0. The number of Topliss-reactive ketones (excluding diaryl/α,β-unsaturated/α-hetero) is 1. The molecule has 1 aliphatic carbocycles. The van der Waals surface area contributed by atoms with E-state index in [-0.39, 0.29) is 36.6 Å². The van der Waals surface area contributed by atoms with Gasteiger partial charge in [-0.05, 0) is 39.7 Å². The second-order valence-corrected chi connectivity index (χ2v) is 8.08. The van der Waals surface area contributed by atoms with E-state index in [0.29, 0.717) is 6.54 Å². The van der Waals surface area contributed by atoms with Gasteiger partial charge in [0.2, 0.25) is 5.91 Å². The molecule has 3 rings (SSSR count). The van der Waals surface area contributed by atoms with Crippen LogP contribution in [0.3, 0.4) is 0 Å². The predicted octanol–water partition coefficient (Wildman–Crippen LogP) is 2.21. The molecule has 0 radical (unpaired) electrons. The van der Waals surface area contributed by atoms with Crippen LogP contribution in [0.2, 0.25) is 0 Å². The summed E-state index contributed by atoms with van der Waals surface area (Å²) in [4.78, 5) is 30.1. The summed E-state index contributed by atoms with van der Waals surface area (Å²) in [5.74, 6) is 0.459. The van der Waals surface area contributed by atoms with Crippen molar-refractivity contribution in [2.45, 2.75) is 52.1 Å². The van der Waals surface area contributed by atoms with Crippen molar-refractivity contribution in [3.05, 3.63) is 0 Å². The molecule has 0 bridgehead atoms. The number of halogens is 1. The molecule has 0 aromatic heterocycles. The molecule has 2 aliphatic heterocycles. The number of hydrogen-bond donors (Lipinski definition) is 0. The third-order valence-corrected chi connectivity index (χ3v) is 6.01. The van der Waals surface area contributed by atoms with E-state index >= 15 is 0 Å². The summed E-state index contributed by atoms with van der Waals surface area (Å²) < 4.78 is 14.8. The highest BCUT2D eigenvalue weighted by Crippen LogP contribution is 2.34. The van der Waals surface area contributed by atoms with Crippen LogP contribution in [0.1, 0.15) is 46.5 Å². The van der Waals surface area contributed by atoms with Gasteiger partial charge >= 0.3 is 0 Å². The Bertz CT molecular complexity index is 477. The van der Waals surface area contributed by atoms with E-state index in [4.69, 9.17) is 0 Å². The summed E-state index contributed by atoms with van der Waals surface area (Å²) in [7, 11) is 2.09. The minimum Gasteiger partial charge on any atom is -0.336 e. The number of rotatable bonds is 4. The van der Waals surface area contributed by atoms with E-state index in [1.54, 1.807) is 11.8 Å². The molecule has 3 fully saturated rings. The molecular formula is C20H36FN3O2. The smallest absolute Gasteiger partial charge is 0.225 e. The summed E-state index contributed by atoms with van der Waals surface area (Å²) in [6.07, 6.45) is 3.16. The molecule has 2 saturated heterocycles. The second kappa shape index (κ2) is 9.27. The van der Waals surface area contributed by atoms with Crippen LogP contribution in [0.4, 0.5) is 4.39 Å². The van der Waals surface area contributed by atoms with Gasteiger partial charge in [0.25, 0.3) is 0 Å². The maximum absolute atomic E-state index is 14.8. The van der Waals surface area contributed by atoms with Gasteiger partial charge in [-0.25, -0.2) is 4.39 Å². The van der Waals surface area contributed by atoms with Crippen LogP contribution >= 0.6 is 0 Å².